The Morgan fingerprint density at radius 3 is 2.35 bits per heavy atom. The van der Waals surface area contributed by atoms with Crippen molar-refractivity contribution in [2.24, 2.45) is 23.5 Å². The predicted molar refractivity (Wildman–Crippen MR) is 198 cm³/mol. The van der Waals surface area contributed by atoms with Crippen molar-refractivity contribution in [1.29, 1.82) is 0 Å². The number of nitrogens with zero attached hydrogens (tertiary/aromatic N) is 1. The van der Waals surface area contributed by atoms with Gasteiger partial charge in [0.2, 0.25) is 11.8 Å². The Kier molecular flexibility index (Phi) is 11.1. The first-order valence-corrected chi connectivity index (χ1v) is 18.1. The molecular formula is C41H43Cl2N3O3. The van der Waals surface area contributed by atoms with Crippen LogP contribution in [0, 0.1) is 17.8 Å². The largest absolute Gasteiger partial charge is 0.369 e. The van der Waals surface area contributed by atoms with Gasteiger partial charge in [-0.1, -0.05) is 135 Å². The van der Waals surface area contributed by atoms with Crippen molar-refractivity contribution in [3.8, 4) is 22.3 Å². The van der Waals surface area contributed by atoms with Gasteiger partial charge in [-0.3, -0.25) is 14.4 Å². The van der Waals surface area contributed by atoms with Crippen LogP contribution in [0.15, 0.2) is 91.0 Å². The minimum Gasteiger partial charge on any atom is -0.369 e. The molecule has 1 fully saturated rings. The monoisotopic (exact) mass is 695 g/mol. The Morgan fingerprint density at radius 2 is 1.61 bits per heavy atom. The second-order valence-electron chi connectivity index (χ2n) is 13.4. The van der Waals surface area contributed by atoms with Crippen molar-refractivity contribution in [2.45, 2.75) is 70.9 Å². The topological polar surface area (TPSA) is 92.5 Å². The molecule has 6 nitrogen and oxygen atoms in total. The minimum atomic E-state index is -0.962. The van der Waals surface area contributed by atoms with Gasteiger partial charge in [0, 0.05) is 33.0 Å². The number of halogens is 2. The van der Waals surface area contributed by atoms with Crippen LogP contribution < -0.4 is 16.0 Å². The molecule has 3 N–H and O–H groups in total. The van der Waals surface area contributed by atoms with E-state index in [0.29, 0.717) is 28.8 Å². The average Bonchev–Trinajstić information content (AvgIpc) is 3.59. The SMILES string of the molecule is CCCC[C@H](C(N)=O)[C@@H](CC1CCCC1)C(=O)NC1C(=O)N(Cc2cccc(-c3ccc(Cl)cc3Cl)c2)c2ccccc2-c2ccccc21. The Morgan fingerprint density at radius 1 is 0.878 bits per heavy atom. The first-order valence-electron chi connectivity index (χ1n) is 17.4. The minimum absolute atomic E-state index is 0.246. The zero-order chi connectivity index (χ0) is 34.5. The Hall–Kier alpha value is -4.13. The highest BCUT2D eigenvalue weighted by molar-refractivity contribution is 6.36. The smallest absolute Gasteiger partial charge is 0.254 e. The summed E-state index contributed by atoms with van der Waals surface area (Å²) in [6.07, 6.45) is 7.18. The van der Waals surface area contributed by atoms with Crippen molar-refractivity contribution in [3.63, 3.8) is 0 Å². The lowest BCUT2D eigenvalue weighted by atomic mass is 9.79. The molecule has 1 saturated carbocycles. The zero-order valence-corrected chi connectivity index (χ0v) is 29.4. The molecule has 1 aliphatic carbocycles. The van der Waals surface area contributed by atoms with Crippen molar-refractivity contribution in [1.82, 2.24) is 5.32 Å². The van der Waals surface area contributed by atoms with Crippen LogP contribution in [-0.4, -0.2) is 17.7 Å². The summed E-state index contributed by atoms with van der Waals surface area (Å²) in [4.78, 5) is 44.0. The molecule has 6 rings (SSSR count). The number of anilines is 1. The van der Waals surface area contributed by atoms with Crippen LogP contribution in [0.25, 0.3) is 22.3 Å². The summed E-state index contributed by atoms with van der Waals surface area (Å²) in [6, 6.07) is 28.0. The molecule has 254 valence electrons. The highest BCUT2D eigenvalue weighted by Crippen LogP contribution is 2.42. The highest BCUT2D eigenvalue weighted by atomic mass is 35.5. The number of rotatable bonds is 12. The van der Waals surface area contributed by atoms with E-state index in [-0.39, 0.29) is 18.4 Å². The van der Waals surface area contributed by atoms with Gasteiger partial charge in [-0.05, 0) is 65.3 Å². The van der Waals surface area contributed by atoms with Gasteiger partial charge in [0.25, 0.3) is 5.91 Å². The van der Waals surface area contributed by atoms with E-state index in [1.54, 1.807) is 17.0 Å². The van der Waals surface area contributed by atoms with Gasteiger partial charge >= 0.3 is 0 Å². The molecule has 4 aromatic rings. The first-order chi connectivity index (χ1) is 23.7. The van der Waals surface area contributed by atoms with Crippen LogP contribution in [0.4, 0.5) is 5.69 Å². The number of primary amides is 1. The molecule has 3 atom stereocenters. The normalized spacial score (nSPS) is 17.2. The molecular weight excluding hydrogens is 653 g/mol. The van der Waals surface area contributed by atoms with E-state index in [2.05, 4.69) is 12.2 Å². The molecule has 1 heterocycles. The number of carbonyl (C=O) groups is 3. The molecule has 0 spiro atoms. The summed E-state index contributed by atoms with van der Waals surface area (Å²) in [5, 5.41) is 4.28. The van der Waals surface area contributed by atoms with Gasteiger partial charge in [-0.25, -0.2) is 0 Å². The molecule has 8 heteroatoms. The van der Waals surface area contributed by atoms with Crippen molar-refractivity contribution >= 4 is 46.6 Å². The standard InChI is InChI=1S/C41H43Cl2N3O3/c1-2-3-15-34(39(44)47)35(23-26-11-4-5-12-26)40(48)45-38-33-18-7-6-16-31(33)32-17-8-9-19-37(32)46(41(38)49)25-27-13-10-14-28(22-27)30-21-20-29(42)24-36(30)43/h6-10,13-14,16-22,24,26,34-35,38H,2-5,11-12,15,23,25H2,1H3,(H2,44,47)(H,45,48)/t34-,35+,38?/m0/s1. The van der Waals surface area contributed by atoms with E-state index < -0.39 is 23.8 Å². The van der Waals surface area contributed by atoms with Gasteiger partial charge < -0.3 is 16.0 Å². The number of fused-ring (bicyclic) bond motifs is 3. The van der Waals surface area contributed by atoms with Crippen LogP contribution in [0.5, 0.6) is 0 Å². The zero-order valence-electron chi connectivity index (χ0n) is 27.8. The molecule has 1 aliphatic heterocycles. The number of hydrogen-bond acceptors (Lipinski definition) is 3. The number of hydrogen-bond donors (Lipinski definition) is 2. The predicted octanol–water partition coefficient (Wildman–Crippen LogP) is 9.52. The van der Waals surface area contributed by atoms with Crippen LogP contribution in [0.2, 0.25) is 10.0 Å². The molecule has 0 aromatic heterocycles. The van der Waals surface area contributed by atoms with Gasteiger partial charge in [0.05, 0.1) is 12.2 Å². The average molecular weight is 697 g/mol. The number of nitrogens with one attached hydrogen (secondary N) is 1. The number of para-hydroxylation sites is 1. The maximum absolute atomic E-state index is 14.9. The maximum atomic E-state index is 14.9. The number of benzene rings is 4. The number of nitrogens with two attached hydrogens (primary N) is 1. The lowest BCUT2D eigenvalue weighted by Gasteiger charge is -2.30. The van der Waals surface area contributed by atoms with E-state index in [9.17, 15) is 14.4 Å². The number of unbranched alkanes of at least 4 members (excludes halogenated alkanes) is 1. The Labute approximate surface area is 299 Å². The highest BCUT2D eigenvalue weighted by Gasteiger charge is 2.40. The van der Waals surface area contributed by atoms with Crippen molar-refractivity contribution < 1.29 is 14.4 Å². The van der Waals surface area contributed by atoms with E-state index in [0.717, 1.165) is 77.6 Å². The van der Waals surface area contributed by atoms with E-state index >= 15 is 0 Å². The van der Waals surface area contributed by atoms with Gasteiger partial charge in [-0.15, -0.1) is 0 Å². The van der Waals surface area contributed by atoms with E-state index in [1.165, 1.54) is 0 Å². The fourth-order valence-electron chi connectivity index (χ4n) is 7.66. The molecule has 2 aliphatic rings. The van der Waals surface area contributed by atoms with Crippen molar-refractivity contribution in [3.05, 3.63) is 112 Å². The molecule has 0 bridgehead atoms. The number of carbonyl (C=O) groups excluding carboxylic acids is 3. The molecule has 3 amide bonds. The summed E-state index contributed by atoms with van der Waals surface area (Å²) >= 11 is 12.7. The number of amides is 3. The van der Waals surface area contributed by atoms with E-state index in [1.807, 2.05) is 78.9 Å². The summed E-state index contributed by atoms with van der Waals surface area (Å²) < 4.78 is 0. The second kappa shape index (κ2) is 15.6. The maximum Gasteiger partial charge on any atom is 0.254 e. The molecule has 4 aromatic carbocycles. The molecule has 1 unspecified atom stereocenters. The third-order valence-electron chi connectivity index (χ3n) is 10.2. The summed E-state index contributed by atoms with van der Waals surface area (Å²) in [6.45, 7) is 2.33. The van der Waals surface area contributed by atoms with Gasteiger partial charge in [0.15, 0.2) is 0 Å². The second-order valence-corrected chi connectivity index (χ2v) is 14.3. The van der Waals surface area contributed by atoms with Gasteiger partial charge in [-0.2, -0.15) is 0 Å². The van der Waals surface area contributed by atoms with Crippen LogP contribution in [-0.2, 0) is 20.9 Å². The van der Waals surface area contributed by atoms with Gasteiger partial charge in [0.1, 0.15) is 6.04 Å². The molecule has 49 heavy (non-hydrogen) atoms. The summed E-state index contributed by atoms with van der Waals surface area (Å²) in [7, 11) is 0. The summed E-state index contributed by atoms with van der Waals surface area (Å²) in [5.74, 6) is -1.82. The Bertz CT molecular complexity index is 1840. The third kappa shape index (κ3) is 7.71. The third-order valence-corrected chi connectivity index (χ3v) is 10.7. The lowest BCUT2D eigenvalue weighted by molar-refractivity contribution is -0.136. The molecule has 0 saturated heterocycles. The van der Waals surface area contributed by atoms with Crippen LogP contribution >= 0.6 is 23.2 Å². The lowest BCUT2D eigenvalue weighted by Crippen LogP contribution is -2.47. The van der Waals surface area contributed by atoms with Crippen LogP contribution in [0.1, 0.15) is 75.5 Å². The van der Waals surface area contributed by atoms with Crippen LogP contribution in [0.3, 0.4) is 0 Å². The summed E-state index contributed by atoms with van der Waals surface area (Å²) in [5.41, 5.74) is 11.9. The fourth-order valence-corrected chi connectivity index (χ4v) is 8.18. The fraction of sp³-hybridized carbons (Fsp3) is 0.341. The molecule has 0 radical (unpaired) electrons. The van der Waals surface area contributed by atoms with E-state index in [4.69, 9.17) is 28.9 Å². The quantitative estimate of drug-likeness (QED) is 0.155. The van der Waals surface area contributed by atoms with Crippen molar-refractivity contribution in [2.75, 3.05) is 4.90 Å². The first kappa shape index (κ1) is 34.7. The Balaban J connectivity index is 1.38.